The predicted octanol–water partition coefficient (Wildman–Crippen LogP) is 3.39. The van der Waals surface area contributed by atoms with Crippen molar-refractivity contribution in [2.24, 2.45) is 0 Å². The van der Waals surface area contributed by atoms with Crippen LogP contribution in [-0.4, -0.2) is 30.5 Å². The van der Waals surface area contributed by atoms with E-state index in [4.69, 9.17) is 9.47 Å². The van der Waals surface area contributed by atoms with Crippen molar-refractivity contribution in [1.82, 2.24) is 0 Å². The van der Waals surface area contributed by atoms with E-state index in [-0.39, 0.29) is 17.9 Å². The molecule has 2 aromatic carbocycles. The van der Waals surface area contributed by atoms with E-state index in [0.29, 0.717) is 22.0 Å². The molecule has 2 aromatic rings. The van der Waals surface area contributed by atoms with Crippen LogP contribution >= 0.6 is 11.8 Å². The topological polar surface area (TPSA) is 82.8 Å². The van der Waals surface area contributed by atoms with Crippen LogP contribution in [0.15, 0.2) is 65.2 Å². The molecule has 0 aromatic heterocycles. The van der Waals surface area contributed by atoms with Gasteiger partial charge in [-0.05, 0) is 31.2 Å². The lowest BCUT2D eigenvalue weighted by atomic mass is 10.0. The Morgan fingerprint density at radius 2 is 1.93 bits per heavy atom. The highest BCUT2D eigenvalue weighted by atomic mass is 32.2. The van der Waals surface area contributed by atoms with E-state index in [1.807, 2.05) is 36.4 Å². The highest BCUT2D eigenvalue weighted by molar-refractivity contribution is 8.03. The number of nitriles is 1. The van der Waals surface area contributed by atoms with E-state index in [1.54, 1.807) is 43.2 Å². The molecule has 1 aliphatic rings. The largest absolute Gasteiger partial charge is 0.497 e. The molecule has 1 saturated heterocycles. The summed E-state index contributed by atoms with van der Waals surface area (Å²) in [5.41, 5.74) is -0.266. The first-order chi connectivity index (χ1) is 13.5. The van der Waals surface area contributed by atoms with Crippen molar-refractivity contribution in [3.63, 3.8) is 0 Å². The summed E-state index contributed by atoms with van der Waals surface area (Å²) in [6.07, 6.45) is 0. The molecule has 1 aliphatic heterocycles. The van der Waals surface area contributed by atoms with E-state index in [9.17, 15) is 15.2 Å². The Morgan fingerprint density at radius 3 is 2.50 bits per heavy atom. The number of carbonyl (C=O) groups excluding carboxylic acids is 1. The number of ether oxygens (including phenoxy) is 2. The molecule has 0 amide bonds. The van der Waals surface area contributed by atoms with Gasteiger partial charge in [0.2, 0.25) is 0 Å². The zero-order valence-corrected chi connectivity index (χ0v) is 16.4. The van der Waals surface area contributed by atoms with Crippen LogP contribution in [0.1, 0.15) is 12.5 Å². The third-order valence-corrected chi connectivity index (χ3v) is 5.56. The number of methoxy groups -OCH3 is 1. The molecule has 28 heavy (non-hydrogen) atoms. The van der Waals surface area contributed by atoms with Crippen LogP contribution < -0.4 is 9.64 Å². The van der Waals surface area contributed by atoms with E-state index in [0.717, 1.165) is 0 Å². The molecular weight excluding hydrogens is 376 g/mol. The summed E-state index contributed by atoms with van der Waals surface area (Å²) in [4.78, 5) is 14.0. The van der Waals surface area contributed by atoms with Crippen molar-refractivity contribution in [1.29, 1.82) is 5.26 Å². The fraction of sp³-hybridized carbons (Fsp3) is 0.238. The summed E-state index contributed by atoms with van der Waals surface area (Å²) in [5, 5.41) is 21.6. The lowest BCUT2D eigenvalue weighted by molar-refractivity contribution is -0.138. The molecule has 1 heterocycles. The Morgan fingerprint density at radius 1 is 1.25 bits per heavy atom. The Balaban J connectivity index is 2.18. The number of esters is 1. The van der Waals surface area contributed by atoms with Gasteiger partial charge in [0.25, 0.3) is 0 Å². The number of thioether (sulfide) groups is 1. The maximum absolute atomic E-state index is 12.3. The average molecular weight is 396 g/mol. The van der Waals surface area contributed by atoms with Gasteiger partial charge in [-0.2, -0.15) is 5.26 Å². The molecule has 0 radical (unpaired) electrons. The van der Waals surface area contributed by atoms with Gasteiger partial charge in [-0.15, -0.1) is 11.8 Å². The molecule has 0 unspecified atom stereocenters. The van der Waals surface area contributed by atoms with Crippen molar-refractivity contribution in [3.8, 4) is 11.8 Å². The van der Waals surface area contributed by atoms with Gasteiger partial charge in [0.15, 0.2) is 11.3 Å². The smallest absolute Gasteiger partial charge is 0.351 e. The maximum atomic E-state index is 12.3. The predicted molar refractivity (Wildman–Crippen MR) is 108 cm³/mol. The Hall–Kier alpha value is -2.95. The molecule has 1 fully saturated rings. The van der Waals surface area contributed by atoms with Gasteiger partial charge in [0.05, 0.1) is 19.5 Å². The van der Waals surface area contributed by atoms with Gasteiger partial charge in [-0.1, -0.05) is 30.3 Å². The van der Waals surface area contributed by atoms with Crippen molar-refractivity contribution < 1.29 is 19.4 Å². The molecule has 0 saturated carbocycles. The standard InChI is InChI=1S/C21H20N2O4S/c1-3-27-20(24)18(13-22)19-23(16-9-11-17(26-2)12-10-16)21(25,14-28-19)15-7-5-4-6-8-15/h4-12,25H,3,14H2,1-2H3/b19-18-/t21-/m1/s1. The highest BCUT2D eigenvalue weighted by Crippen LogP contribution is 2.48. The second kappa shape index (κ2) is 8.38. The van der Waals surface area contributed by atoms with Crippen LogP contribution in [0.4, 0.5) is 5.69 Å². The van der Waals surface area contributed by atoms with Gasteiger partial charge in [0.1, 0.15) is 16.8 Å². The summed E-state index contributed by atoms with van der Waals surface area (Å²) in [6.45, 7) is 1.84. The number of benzene rings is 2. The molecular formula is C21H20N2O4S. The lowest BCUT2D eigenvalue weighted by Crippen LogP contribution is -2.43. The van der Waals surface area contributed by atoms with Crippen molar-refractivity contribution >= 4 is 23.4 Å². The van der Waals surface area contributed by atoms with Crippen molar-refractivity contribution in [2.75, 3.05) is 24.4 Å². The Kier molecular flexibility index (Phi) is 5.93. The van der Waals surface area contributed by atoms with E-state index < -0.39 is 11.7 Å². The molecule has 0 aliphatic carbocycles. The normalized spacial score (nSPS) is 20.4. The third kappa shape index (κ3) is 3.57. The van der Waals surface area contributed by atoms with Crippen LogP contribution in [0.25, 0.3) is 0 Å². The van der Waals surface area contributed by atoms with E-state index in [2.05, 4.69) is 0 Å². The van der Waals surface area contributed by atoms with Crippen molar-refractivity contribution in [3.05, 3.63) is 70.8 Å². The fourth-order valence-electron chi connectivity index (χ4n) is 3.01. The first kappa shape index (κ1) is 19.8. The SMILES string of the molecule is CCOC(=O)/C(C#N)=C1\SC[C@@](O)(c2ccccc2)N1c1ccc(OC)cc1. The number of carbonyl (C=O) groups is 1. The zero-order chi connectivity index (χ0) is 20.1. The highest BCUT2D eigenvalue weighted by Gasteiger charge is 2.46. The second-order valence-corrected chi connectivity index (χ2v) is 6.98. The van der Waals surface area contributed by atoms with Gasteiger partial charge in [-0.25, -0.2) is 4.79 Å². The maximum Gasteiger partial charge on any atom is 0.351 e. The molecule has 0 bridgehead atoms. The summed E-state index contributed by atoms with van der Waals surface area (Å²) in [6, 6.07) is 18.2. The number of hydrogen-bond acceptors (Lipinski definition) is 7. The van der Waals surface area contributed by atoms with E-state index in [1.165, 1.54) is 11.8 Å². The zero-order valence-electron chi connectivity index (χ0n) is 15.6. The minimum Gasteiger partial charge on any atom is -0.497 e. The molecule has 144 valence electrons. The summed E-state index contributed by atoms with van der Waals surface area (Å²) < 4.78 is 10.3. The quantitative estimate of drug-likeness (QED) is 0.471. The molecule has 1 N–H and O–H groups in total. The Labute approximate surface area is 168 Å². The van der Waals surface area contributed by atoms with Gasteiger partial charge in [0, 0.05) is 11.3 Å². The minimum absolute atomic E-state index is 0.130. The van der Waals surface area contributed by atoms with Crippen LogP contribution in [0.2, 0.25) is 0 Å². The molecule has 0 spiro atoms. The first-order valence-corrected chi connectivity index (χ1v) is 9.70. The fourth-order valence-corrected chi connectivity index (χ4v) is 4.31. The van der Waals surface area contributed by atoms with Crippen LogP contribution in [0.3, 0.4) is 0 Å². The lowest BCUT2D eigenvalue weighted by Gasteiger charge is -2.35. The number of hydrogen-bond donors (Lipinski definition) is 1. The third-order valence-electron chi connectivity index (χ3n) is 4.36. The van der Waals surface area contributed by atoms with Gasteiger partial charge in [-0.3, -0.25) is 0 Å². The van der Waals surface area contributed by atoms with Crippen LogP contribution in [0.5, 0.6) is 5.75 Å². The molecule has 1 atom stereocenters. The number of aliphatic hydroxyl groups is 1. The number of nitrogens with zero attached hydrogens (tertiary/aromatic N) is 2. The van der Waals surface area contributed by atoms with Crippen LogP contribution in [-0.2, 0) is 15.3 Å². The van der Waals surface area contributed by atoms with Crippen molar-refractivity contribution in [2.45, 2.75) is 12.6 Å². The van der Waals surface area contributed by atoms with Crippen LogP contribution in [0, 0.1) is 11.3 Å². The number of rotatable bonds is 5. The molecule has 3 rings (SSSR count). The number of anilines is 1. The average Bonchev–Trinajstić information content (AvgIpc) is 3.08. The van der Waals surface area contributed by atoms with E-state index >= 15 is 0 Å². The second-order valence-electron chi connectivity index (χ2n) is 6.02. The summed E-state index contributed by atoms with van der Waals surface area (Å²) in [7, 11) is 1.57. The Bertz CT molecular complexity index is 922. The molecule has 6 nitrogen and oxygen atoms in total. The minimum atomic E-state index is -1.43. The molecule has 7 heteroatoms. The van der Waals surface area contributed by atoms with Gasteiger partial charge >= 0.3 is 5.97 Å². The first-order valence-electron chi connectivity index (χ1n) is 8.71. The summed E-state index contributed by atoms with van der Waals surface area (Å²) >= 11 is 1.24. The van der Waals surface area contributed by atoms with Gasteiger partial charge < -0.3 is 19.5 Å². The summed E-state index contributed by atoms with van der Waals surface area (Å²) in [5.74, 6) is 0.210. The monoisotopic (exact) mass is 396 g/mol.